The Kier molecular flexibility index (Phi) is 7.59. The number of carbonyl (C=O) groups is 1. The molecule has 15 heavy (non-hydrogen) atoms. The van der Waals surface area contributed by atoms with E-state index in [2.05, 4.69) is 13.8 Å². The molecule has 0 rings (SSSR count). The molecule has 0 saturated carbocycles. The van der Waals surface area contributed by atoms with Crippen LogP contribution < -0.4 is 0 Å². The molecule has 0 radical (unpaired) electrons. The molecular formula is C11H21O3P. The van der Waals surface area contributed by atoms with Crippen molar-refractivity contribution in [3.05, 3.63) is 0 Å². The third-order valence-corrected chi connectivity index (χ3v) is 3.61. The Balaban J connectivity index is 4.59. The highest BCUT2D eigenvalue weighted by Gasteiger charge is 2.39. The van der Waals surface area contributed by atoms with E-state index < -0.39 is 5.16 Å². The lowest BCUT2D eigenvalue weighted by molar-refractivity contribution is -0.144. The van der Waals surface area contributed by atoms with Gasteiger partial charge in [-0.2, -0.15) is 0 Å². The Hall–Kier alpha value is -0.430. The van der Waals surface area contributed by atoms with Gasteiger partial charge in [0.15, 0.2) is 8.46 Å². The topological polar surface area (TPSA) is 43.4 Å². The highest BCUT2D eigenvalue weighted by molar-refractivity contribution is 7.27. The molecule has 0 N–H and O–H groups in total. The van der Waals surface area contributed by atoms with Gasteiger partial charge in [-0.3, -0.25) is 9.36 Å². The Morgan fingerprint density at radius 1 is 1.20 bits per heavy atom. The SMILES string of the molecule is CCCCC(CCCC)(P=O)C(=O)OC. The molecule has 0 amide bonds. The zero-order valence-electron chi connectivity index (χ0n) is 9.91. The van der Waals surface area contributed by atoms with Crippen molar-refractivity contribution in [1.82, 2.24) is 0 Å². The van der Waals surface area contributed by atoms with E-state index in [-0.39, 0.29) is 14.4 Å². The zero-order chi connectivity index (χ0) is 11.7. The normalized spacial score (nSPS) is 11.7. The van der Waals surface area contributed by atoms with Crippen LogP contribution in [0.3, 0.4) is 0 Å². The van der Waals surface area contributed by atoms with E-state index in [0.717, 1.165) is 25.7 Å². The van der Waals surface area contributed by atoms with E-state index >= 15 is 0 Å². The first-order chi connectivity index (χ1) is 7.16. The largest absolute Gasteiger partial charge is 0.468 e. The molecule has 0 aliphatic heterocycles. The highest BCUT2D eigenvalue weighted by Crippen LogP contribution is 2.35. The minimum atomic E-state index is -0.791. The maximum absolute atomic E-state index is 11.6. The van der Waals surface area contributed by atoms with Crippen molar-refractivity contribution in [3.63, 3.8) is 0 Å². The molecule has 88 valence electrons. The smallest absolute Gasteiger partial charge is 0.323 e. The van der Waals surface area contributed by atoms with E-state index in [1.807, 2.05) is 0 Å². The van der Waals surface area contributed by atoms with Gasteiger partial charge < -0.3 is 4.74 Å². The van der Waals surface area contributed by atoms with Gasteiger partial charge in [0.05, 0.1) is 7.11 Å². The highest BCUT2D eigenvalue weighted by atomic mass is 31.1. The van der Waals surface area contributed by atoms with Crippen molar-refractivity contribution in [3.8, 4) is 0 Å². The van der Waals surface area contributed by atoms with E-state index in [1.54, 1.807) is 0 Å². The average molecular weight is 232 g/mol. The lowest BCUT2D eigenvalue weighted by Crippen LogP contribution is -2.34. The van der Waals surface area contributed by atoms with E-state index in [9.17, 15) is 9.36 Å². The number of ether oxygens (including phenoxy) is 1. The van der Waals surface area contributed by atoms with Crippen LogP contribution in [0.2, 0.25) is 0 Å². The summed E-state index contributed by atoms with van der Waals surface area (Å²) >= 11 is 0. The monoisotopic (exact) mass is 232 g/mol. The Morgan fingerprint density at radius 3 is 1.93 bits per heavy atom. The molecular weight excluding hydrogens is 211 g/mol. The third-order valence-electron chi connectivity index (χ3n) is 2.63. The van der Waals surface area contributed by atoms with E-state index in [1.165, 1.54) is 7.11 Å². The van der Waals surface area contributed by atoms with Gasteiger partial charge in [0.2, 0.25) is 0 Å². The summed E-state index contributed by atoms with van der Waals surface area (Å²) in [4.78, 5) is 11.6. The van der Waals surface area contributed by atoms with Crippen LogP contribution in [-0.2, 0) is 14.1 Å². The average Bonchev–Trinajstić information content (AvgIpc) is 2.29. The van der Waals surface area contributed by atoms with Gasteiger partial charge in [-0.05, 0) is 12.8 Å². The number of unbranched alkanes of at least 4 members (excludes halogenated alkanes) is 2. The number of rotatable bonds is 8. The molecule has 0 spiro atoms. The zero-order valence-corrected chi connectivity index (χ0v) is 10.8. The van der Waals surface area contributed by atoms with Gasteiger partial charge >= 0.3 is 5.97 Å². The van der Waals surface area contributed by atoms with Crippen LogP contribution in [0.5, 0.6) is 0 Å². The maximum atomic E-state index is 11.6. The molecule has 0 aromatic rings. The van der Waals surface area contributed by atoms with E-state index in [0.29, 0.717) is 12.8 Å². The van der Waals surface area contributed by atoms with Gasteiger partial charge in [-0.1, -0.05) is 39.5 Å². The van der Waals surface area contributed by atoms with Crippen molar-refractivity contribution in [2.75, 3.05) is 7.11 Å². The molecule has 0 atom stereocenters. The lowest BCUT2D eigenvalue weighted by atomic mass is 9.95. The number of hydrogen-bond acceptors (Lipinski definition) is 3. The third kappa shape index (κ3) is 4.29. The number of esters is 1. The number of carbonyl (C=O) groups excluding carboxylic acids is 1. The van der Waals surface area contributed by atoms with Crippen LogP contribution in [0.15, 0.2) is 0 Å². The van der Waals surface area contributed by atoms with E-state index in [4.69, 9.17) is 4.74 Å². The molecule has 4 heteroatoms. The Morgan fingerprint density at radius 2 is 1.67 bits per heavy atom. The maximum Gasteiger partial charge on any atom is 0.323 e. The van der Waals surface area contributed by atoms with Crippen LogP contribution in [0.25, 0.3) is 0 Å². The van der Waals surface area contributed by atoms with Crippen LogP contribution in [0.4, 0.5) is 0 Å². The minimum Gasteiger partial charge on any atom is -0.468 e. The van der Waals surface area contributed by atoms with Gasteiger partial charge in [0.1, 0.15) is 5.16 Å². The second kappa shape index (κ2) is 7.81. The molecule has 0 aromatic heterocycles. The van der Waals surface area contributed by atoms with Crippen LogP contribution in [0.1, 0.15) is 52.4 Å². The molecule has 0 aliphatic carbocycles. The second-order valence-corrected chi connectivity index (χ2v) is 4.86. The van der Waals surface area contributed by atoms with Gasteiger partial charge in [0.25, 0.3) is 0 Å². The quantitative estimate of drug-likeness (QED) is 0.474. The molecule has 0 heterocycles. The summed E-state index contributed by atoms with van der Waals surface area (Å²) in [6.07, 6.45) is 5.13. The summed E-state index contributed by atoms with van der Waals surface area (Å²) in [5.74, 6) is -0.332. The van der Waals surface area contributed by atoms with Crippen LogP contribution >= 0.6 is 8.46 Å². The van der Waals surface area contributed by atoms with Crippen molar-refractivity contribution in [2.24, 2.45) is 0 Å². The molecule has 0 saturated heterocycles. The van der Waals surface area contributed by atoms with Crippen LogP contribution in [-0.4, -0.2) is 18.2 Å². The van der Waals surface area contributed by atoms with Gasteiger partial charge in [-0.25, -0.2) is 0 Å². The molecule has 0 aliphatic rings. The summed E-state index contributed by atoms with van der Waals surface area (Å²) in [7, 11) is 1.26. The first-order valence-electron chi connectivity index (χ1n) is 5.59. The fourth-order valence-electron chi connectivity index (χ4n) is 1.59. The minimum absolute atomic E-state index is 0.0966. The first-order valence-corrected chi connectivity index (χ1v) is 6.41. The summed E-state index contributed by atoms with van der Waals surface area (Å²) in [5.41, 5.74) is 0. The Labute approximate surface area is 93.8 Å². The van der Waals surface area contributed by atoms with Gasteiger partial charge in [0, 0.05) is 0 Å². The molecule has 0 bridgehead atoms. The molecule has 0 fully saturated rings. The first kappa shape index (κ1) is 14.6. The standard InChI is InChI=1S/C11H21O3P/c1-4-6-8-11(15-13,9-7-5-2)10(12)14-3/h4-9H2,1-3H3. The Bertz CT molecular complexity index is 196. The van der Waals surface area contributed by atoms with Crippen molar-refractivity contribution in [2.45, 2.75) is 57.5 Å². The predicted molar refractivity (Wildman–Crippen MR) is 61.4 cm³/mol. The summed E-state index contributed by atoms with van der Waals surface area (Å²) in [5, 5.41) is -0.791. The fraction of sp³-hybridized carbons (Fsp3) is 0.909. The van der Waals surface area contributed by atoms with Gasteiger partial charge in [-0.15, -0.1) is 0 Å². The second-order valence-electron chi connectivity index (χ2n) is 3.82. The molecule has 0 aromatic carbocycles. The van der Waals surface area contributed by atoms with Crippen molar-refractivity contribution < 1.29 is 14.1 Å². The summed E-state index contributed by atoms with van der Waals surface area (Å²) in [6, 6.07) is 0. The summed E-state index contributed by atoms with van der Waals surface area (Å²) < 4.78 is 16.0. The fourth-order valence-corrected chi connectivity index (χ4v) is 2.25. The molecule has 3 nitrogen and oxygen atoms in total. The van der Waals surface area contributed by atoms with Crippen molar-refractivity contribution in [1.29, 1.82) is 0 Å². The molecule has 0 unspecified atom stereocenters. The van der Waals surface area contributed by atoms with Crippen LogP contribution in [0, 0.1) is 0 Å². The number of hydrogen-bond donors (Lipinski definition) is 0. The van der Waals surface area contributed by atoms with Crippen molar-refractivity contribution >= 4 is 14.4 Å². The lowest BCUT2D eigenvalue weighted by Gasteiger charge is -2.23. The number of methoxy groups -OCH3 is 1. The predicted octanol–water partition coefficient (Wildman–Crippen LogP) is 3.57. The summed E-state index contributed by atoms with van der Waals surface area (Å²) in [6.45, 7) is 4.12.